The van der Waals surface area contributed by atoms with Crippen LogP contribution in [0.3, 0.4) is 0 Å². The molecule has 0 atom stereocenters. The lowest BCUT2D eigenvalue weighted by molar-refractivity contribution is -0.0556. The van der Waals surface area contributed by atoms with Crippen molar-refractivity contribution in [2.45, 2.75) is 13.1 Å². The van der Waals surface area contributed by atoms with Crippen LogP contribution in [0.4, 0.5) is 13.2 Å². The second-order valence-electron chi connectivity index (χ2n) is 1.74. The van der Waals surface area contributed by atoms with Crippen LogP contribution in [0, 0.1) is 0 Å². The van der Waals surface area contributed by atoms with Gasteiger partial charge in [0.05, 0.1) is 0 Å². The summed E-state index contributed by atoms with van der Waals surface area (Å²) >= 11 is 0.412. The van der Waals surface area contributed by atoms with Crippen LogP contribution in [0.15, 0.2) is 16.6 Å². The van der Waals surface area contributed by atoms with Crippen molar-refractivity contribution in [2.75, 3.05) is 0 Å². The van der Waals surface area contributed by atoms with Crippen LogP contribution in [-0.2, 0) is 0 Å². The Morgan fingerprint density at radius 2 is 2.00 bits per heavy atom. The number of hydrogen-bond acceptors (Lipinski definition) is 3. The minimum Gasteiger partial charge on any atom is -0.322 e. The van der Waals surface area contributed by atoms with E-state index in [2.05, 4.69) is 17.5 Å². The largest absolute Gasteiger partial charge is 0.441 e. The van der Waals surface area contributed by atoms with E-state index in [0.29, 0.717) is 16.7 Å². The molecular weight excluding hydrogens is 177 g/mol. The molecule has 0 spiro atoms. The smallest absolute Gasteiger partial charge is 0.322 e. The van der Waals surface area contributed by atoms with Crippen molar-refractivity contribution < 1.29 is 13.2 Å². The lowest BCUT2D eigenvalue weighted by atomic mass is 10.7. The molecule has 0 bridgehead atoms. The molecule has 2 nitrogen and oxygen atoms in total. The SMILES string of the molecule is C=C(C)S/C(=N\N)C(F)(F)F. The van der Waals surface area contributed by atoms with Gasteiger partial charge in [0.1, 0.15) is 0 Å². The van der Waals surface area contributed by atoms with Gasteiger partial charge in [0, 0.05) is 0 Å². The molecule has 11 heavy (non-hydrogen) atoms. The third kappa shape index (κ3) is 3.92. The highest BCUT2D eigenvalue weighted by atomic mass is 32.2. The number of thioether (sulfide) groups is 1. The average molecular weight is 184 g/mol. The highest BCUT2D eigenvalue weighted by Gasteiger charge is 2.36. The van der Waals surface area contributed by atoms with Gasteiger partial charge in [-0.05, 0) is 11.8 Å². The lowest BCUT2D eigenvalue weighted by Crippen LogP contribution is -2.20. The summed E-state index contributed by atoms with van der Waals surface area (Å²) in [5.74, 6) is 4.51. The molecule has 0 saturated heterocycles. The summed E-state index contributed by atoms with van der Waals surface area (Å²) in [5, 5.41) is 1.51. The third-order valence-electron chi connectivity index (χ3n) is 0.631. The summed E-state index contributed by atoms with van der Waals surface area (Å²) in [6.45, 7) is 4.73. The van der Waals surface area contributed by atoms with Crippen molar-refractivity contribution in [3.05, 3.63) is 11.5 Å². The van der Waals surface area contributed by atoms with E-state index in [-0.39, 0.29) is 0 Å². The number of rotatable bonds is 1. The van der Waals surface area contributed by atoms with Crippen LogP contribution in [0.2, 0.25) is 0 Å². The minimum atomic E-state index is -4.47. The van der Waals surface area contributed by atoms with Crippen LogP contribution in [0.1, 0.15) is 6.92 Å². The highest BCUT2D eigenvalue weighted by Crippen LogP contribution is 2.28. The van der Waals surface area contributed by atoms with Crippen LogP contribution in [0.5, 0.6) is 0 Å². The first-order valence-electron chi connectivity index (χ1n) is 2.56. The topological polar surface area (TPSA) is 38.4 Å². The van der Waals surface area contributed by atoms with Gasteiger partial charge in [-0.2, -0.15) is 18.3 Å². The van der Waals surface area contributed by atoms with Gasteiger partial charge in [0.2, 0.25) is 5.04 Å². The second kappa shape index (κ2) is 3.66. The number of alkyl halides is 3. The van der Waals surface area contributed by atoms with Crippen molar-refractivity contribution in [1.82, 2.24) is 0 Å². The van der Waals surface area contributed by atoms with E-state index >= 15 is 0 Å². The van der Waals surface area contributed by atoms with E-state index in [1.807, 2.05) is 0 Å². The maximum Gasteiger partial charge on any atom is 0.441 e. The Morgan fingerprint density at radius 3 is 2.09 bits per heavy atom. The zero-order valence-electron chi connectivity index (χ0n) is 5.77. The number of nitrogens with two attached hydrogens (primary N) is 1. The normalized spacial score (nSPS) is 13.3. The molecule has 0 amide bonds. The number of halogens is 3. The Kier molecular flexibility index (Phi) is 3.44. The predicted octanol–water partition coefficient (Wildman–Crippen LogP) is 2.09. The molecule has 64 valence electrons. The zero-order valence-corrected chi connectivity index (χ0v) is 6.59. The monoisotopic (exact) mass is 184 g/mol. The fraction of sp³-hybridized carbons (Fsp3) is 0.400. The molecule has 2 N–H and O–H groups in total. The molecule has 0 heterocycles. The van der Waals surface area contributed by atoms with Crippen LogP contribution >= 0.6 is 11.8 Å². The molecule has 0 aromatic heterocycles. The summed E-state index contributed by atoms with van der Waals surface area (Å²) in [4.78, 5) is 0.298. The standard InChI is InChI=1S/C5H7F3N2S/c1-3(2)11-4(10-9)5(6,7)8/h1,9H2,2H3/b10-4-. The van der Waals surface area contributed by atoms with E-state index < -0.39 is 11.2 Å². The van der Waals surface area contributed by atoms with E-state index in [1.54, 1.807) is 0 Å². The number of hydrazone groups is 1. The van der Waals surface area contributed by atoms with Crippen LogP contribution in [0.25, 0.3) is 0 Å². The fourth-order valence-corrected chi connectivity index (χ4v) is 0.821. The van der Waals surface area contributed by atoms with Crippen molar-refractivity contribution in [3.8, 4) is 0 Å². The molecule has 0 aliphatic carbocycles. The molecule has 0 unspecified atom stereocenters. The Balaban J connectivity index is 4.33. The summed E-state index contributed by atoms with van der Waals surface area (Å²) in [5.41, 5.74) is 0. The molecule has 0 aromatic carbocycles. The Bertz CT molecular complexity index is 185. The average Bonchev–Trinajstić information content (AvgIpc) is 1.79. The van der Waals surface area contributed by atoms with Gasteiger partial charge in [0.15, 0.2) is 0 Å². The first kappa shape index (κ1) is 10.3. The Morgan fingerprint density at radius 1 is 1.55 bits per heavy atom. The number of hydrogen-bond donors (Lipinski definition) is 1. The summed E-state index contributed by atoms with van der Waals surface area (Å²) < 4.78 is 35.4. The van der Waals surface area contributed by atoms with E-state index in [0.717, 1.165) is 0 Å². The van der Waals surface area contributed by atoms with Crippen molar-refractivity contribution >= 4 is 16.8 Å². The third-order valence-corrected chi connectivity index (χ3v) is 1.51. The summed E-state index contributed by atoms with van der Waals surface area (Å²) in [6, 6.07) is 0. The first-order valence-corrected chi connectivity index (χ1v) is 3.38. The van der Waals surface area contributed by atoms with E-state index in [1.165, 1.54) is 6.92 Å². The molecule has 6 heteroatoms. The van der Waals surface area contributed by atoms with Gasteiger partial charge in [-0.15, -0.1) is 0 Å². The fourth-order valence-electron chi connectivity index (χ4n) is 0.322. The van der Waals surface area contributed by atoms with Gasteiger partial charge < -0.3 is 5.84 Å². The van der Waals surface area contributed by atoms with Gasteiger partial charge in [-0.3, -0.25) is 0 Å². The summed E-state index contributed by atoms with van der Waals surface area (Å²) in [7, 11) is 0. The van der Waals surface area contributed by atoms with Gasteiger partial charge >= 0.3 is 6.18 Å². The van der Waals surface area contributed by atoms with Crippen LogP contribution in [-0.4, -0.2) is 11.2 Å². The maximum absolute atomic E-state index is 11.8. The van der Waals surface area contributed by atoms with Crippen molar-refractivity contribution in [1.29, 1.82) is 0 Å². The molecule has 0 aromatic rings. The van der Waals surface area contributed by atoms with Gasteiger partial charge in [0.25, 0.3) is 0 Å². The first-order chi connectivity index (χ1) is 4.88. The van der Waals surface area contributed by atoms with E-state index in [4.69, 9.17) is 0 Å². The quantitative estimate of drug-likeness (QED) is 0.293. The summed E-state index contributed by atoms with van der Waals surface area (Å²) in [6.07, 6.45) is -4.47. The lowest BCUT2D eigenvalue weighted by Gasteiger charge is -2.06. The molecule has 0 saturated carbocycles. The molecule has 0 rings (SSSR count). The van der Waals surface area contributed by atoms with Crippen molar-refractivity contribution in [2.24, 2.45) is 10.9 Å². The molecule has 0 aliphatic rings. The Labute approximate surface area is 66.3 Å². The second-order valence-corrected chi connectivity index (χ2v) is 3.02. The number of nitrogens with zero attached hydrogens (tertiary/aromatic N) is 1. The van der Waals surface area contributed by atoms with Crippen LogP contribution < -0.4 is 5.84 Å². The Hall–Kier alpha value is -0.650. The highest BCUT2D eigenvalue weighted by molar-refractivity contribution is 8.17. The van der Waals surface area contributed by atoms with Crippen molar-refractivity contribution in [3.63, 3.8) is 0 Å². The molecule has 0 aliphatic heterocycles. The molecule has 0 fully saturated rings. The maximum atomic E-state index is 11.8. The zero-order chi connectivity index (χ0) is 9.07. The number of allylic oxidation sites excluding steroid dienone is 1. The van der Waals surface area contributed by atoms with Gasteiger partial charge in [-0.25, -0.2) is 0 Å². The molecule has 0 radical (unpaired) electrons. The van der Waals surface area contributed by atoms with Gasteiger partial charge in [-0.1, -0.05) is 18.3 Å². The van der Waals surface area contributed by atoms with E-state index in [9.17, 15) is 13.2 Å². The predicted molar refractivity (Wildman–Crippen MR) is 40.1 cm³/mol. The molecular formula is C5H7F3N2S. The minimum absolute atomic E-state index is 0.298.